The van der Waals surface area contributed by atoms with Crippen LogP contribution in [0.1, 0.15) is 36.5 Å². The molecule has 0 spiro atoms. The number of halogens is 3. The number of likely N-dealkylation sites (N-methyl/N-ethyl adjacent to an activating group) is 1. The Kier molecular flexibility index (Phi) is 7.86. The average Bonchev–Trinajstić information content (AvgIpc) is 2.79. The van der Waals surface area contributed by atoms with Crippen LogP contribution in [-0.4, -0.2) is 49.4 Å². The van der Waals surface area contributed by atoms with Gasteiger partial charge in [-0.15, -0.1) is 0 Å². The van der Waals surface area contributed by atoms with E-state index in [1.54, 1.807) is 43.1 Å². The lowest BCUT2D eigenvalue weighted by molar-refractivity contribution is -0.139. The summed E-state index contributed by atoms with van der Waals surface area (Å²) in [5, 5.41) is 15.2. The Hall–Kier alpha value is -3.49. The van der Waals surface area contributed by atoms with Crippen molar-refractivity contribution in [3.63, 3.8) is 0 Å². The minimum absolute atomic E-state index is 0.0234. The van der Waals surface area contributed by atoms with Crippen LogP contribution in [0.15, 0.2) is 48.5 Å². The highest BCUT2D eigenvalue weighted by molar-refractivity contribution is 5.95. The minimum Gasteiger partial charge on any atom is -0.490 e. The van der Waals surface area contributed by atoms with Gasteiger partial charge in [0.05, 0.1) is 11.4 Å². The molecule has 1 heterocycles. The van der Waals surface area contributed by atoms with E-state index in [-0.39, 0.29) is 17.7 Å². The number of nitrogens with one attached hydrogen (secondary N) is 2. The number of nitrogens with zero attached hydrogens (tertiary/aromatic N) is 2. The molecular weight excluding hydrogens is 443 g/mol. The van der Waals surface area contributed by atoms with Gasteiger partial charge in [0, 0.05) is 50.8 Å². The van der Waals surface area contributed by atoms with Gasteiger partial charge in [-0.1, -0.05) is 30.4 Å². The SMILES string of the molecule is CC(=N)N1CCC(Oc2ccc(N(C)CC=Cc3cccc(C(=N)N)c3)cc2C(F)(F)F)CC1. The number of benzene rings is 2. The number of alkyl halides is 3. The molecule has 0 bridgehead atoms. The van der Waals surface area contributed by atoms with Gasteiger partial charge in [-0.2, -0.15) is 13.2 Å². The second-order valence-electron chi connectivity index (χ2n) is 8.39. The normalized spacial score (nSPS) is 14.9. The molecule has 4 N–H and O–H groups in total. The summed E-state index contributed by atoms with van der Waals surface area (Å²) in [4.78, 5) is 3.61. The van der Waals surface area contributed by atoms with Crippen molar-refractivity contribution >= 4 is 23.4 Å². The average molecular weight is 474 g/mol. The standard InChI is InChI=1S/C25H30F3N5O/c1-17(29)33-13-10-21(11-14-33)34-23-9-8-20(16-22(23)25(26,27)28)32(2)12-4-6-18-5-3-7-19(15-18)24(30)31/h3-9,15-16,21,29H,10-14H2,1-2H3,(H3,30,31). The van der Waals surface area contributed by atoms with Gasteiger partial charge in [-0.05, 0) is 36.8 Å². The summed E-state index contributed by atoms with van der Waals surface area (Å²) in [6.07, 6.45) is -0.0190. The van der Waals surface area contributed by atoms with E-state index in [4.69, 9.17) is 21.3 Å². The number of rotatable bonds is 7. The molecule has 1 saturated heterocycles. The maximum atomic E-state index is 13.8. The van der Waals surface area contributed by atoms with E-state index in [0.29, 0.717) is 49.6 Å². The van der Waals surface area contributed by atoms with Crippen molar-refractivity contribution < 1.29 is 17.9 Å². The number of piperidine rings is 1. The van der Waals surface area contributed by atoms with Gasteiger partial charge >= 0.3 is 6.18 Å². The summed E-state index contributed by atoms with van der Waals surface area (Å²) in [6, 6.07) is 11.3. The highest BCUT2D eigenvalue weighted by Gasteiger charge is 2.36. The van der Waals surface area contributed by atoms with Crippen LogP contribution in [0.3, 0.4) is 0 Å². The van der Waals surface area contributed by atoms with Crippen LogP contribution in [0.5, 0.6) is 5.75 Å². The molecule has 0 aliphatic carbocycles. The molecule has 0 aromatic heterocycles. The molecule has 6 nitrogen and oxygen atoms in total. The zero-order valence-electron chi connectivity index (χ0n) is 19.3. The molecule has 9 heteroatoms. The smallest absolute Gasteiger partial charge is 0.420 e. The molecule has 1 aliphatic rings. The number of nitrogens with two attached hydrogens (primary N) is 1. The van der Waals surface area contributed by atoms with Crippen LogP contribution >= 0.6 is 0 Å². The second kappa shape index (κ2) is 10.6. The van der Waals surface area contributed by atoms with Crippen molar-refractivity contribution in [2.75, 3.05) is 31.6 Å². The highest BCUT2D eigenvalue weighted by Crippen LogP contribution is 2.39. The Morgan fingerprint density at radius 3 is 2.50 bits per heavy atom. The van der Waals surface area contributed by atoms with Crippen LogP contribution in [0.4, 0.5) is 18.9 Å². The first-order valence-electron chi connectivity index (χ1n) is 11.0. The third kappa shape index (κ3) is 6.52. The van der Waals surface area contributed by atoms with E-state index in [0.717, 1.165) is 11.6 Å². The van der Waals surface area contributed by atoms with Gasteiger partial charge in [-0.25, -0.2) is 0 Å². The number of nitrogen functional groups attached to an aromatic ring is 1. The lowest BCUT2D eigenvalue weighted by Crippen LogP contribution is -2.40. The van der Waals surface area contributed by atoms with Crippen LogP contribution < -0.4 is 15.4 Å². The minimum atomic E-state index is -4.54. The largest absolute Gasteiger partial charge is 0.490 e. The molecule has 0 amide bonds. The topological polar surface area (TPSA) is 89.4 Å². The summed E-state index contributed by atoms with van der Waals surface area (Å²) >= 11 is 0. The molecule has 0 radical (unpaired) electrons. The van der Waals surface area contributed by atoms with Crippen molar-refractivity contribution in [1.82, 2.24) is 4.90 Å². The number of hydrogen-bond donors (Lipinski definition) is 3. The number of anilines is 1. The predicted molar refractivity (Wildman–Crippen MR) is 130 cm³/mol. The molecule has 1 aliphatic heterocycles. The third-order valence-electron chi connectivity index (χ3n) is 5.81. The summed E-state index contributed by atoms with van der Waals surface area (Å²) in [7, 11) is 1.72. The first-order valence-corrected chi connectivity index (χ1v) is 11.0. The Balaban J connectivity index is 1.70. The van der Waals surface area contributed by atoms with Crippen LogP contribution in [0.25, 0.3) is 6.08 Å². The number of amidine groups is 2. The lowest BCUT2D eigenvalue weighted by atomic mass is 10.1. The zero-order valence-corrected chi connectivity index (χ0v) is 19.3. The third-order valence-corrected chi connectivity index (χ3v) is 5.81. The van der Waals surface area contributed by atoms with Gasteiger partial charge in [0.2, 0.25) is 0 Å². The summed E-state index contributed by atoms with van der Waals surface area (Å²) in [5.41, 5.74) is 6.61. The van der Waals surface area contributed by atoms with Gasteiger partial charge in [0.1, 0.15) is 17.7 Å². The fourth-order valence-corrected chi connectivity index (χ4v) is 3.83. The number of hydrogen-bond acceptors (Lipinski definition) is 4. The molecule has 34 heavy (non-hydrogen) atoms. The molecule has 2 aromatic rings. The Morgan fingerprint density at radius 1 is 1.18 bits per heavy atom. The van der Waals surface area contributed by atoms with Crippen molar-refractivity contribution in [3.05, 3.63) is 65.2 Å². The van der Waals surface area contributed by atoms with E-state index < -0.39 is 11.7 Å². The van der Waals surface area contributed by atoms with Gasteiger partial charge in [0.25, 0.3) is 0 Å². The maximum absolute atomic E-state index is 13.8. The Morgan fingerprint density at radius 2 is 1.88 bits per heavy atom. The van der Waals surface area contributed by atoms with Crippen LogP contribution in [0, 0.1) is 10.8 Å². The Bertz CT molecular complexity index is 1060. The van der Waals surface area contributed by atoms with Crippen LogP contribution in [-0.2, 0) is 6.18 Å². The van der Waals surface area contributed by atoms with Gasteiger partial charge in [-0.3, -0.25) is 10.8 Å². The van der Waals surface area contributed by atoms with Gasteiger partial charge < -0.3 is 20.3 Å². The number of ether oxygens (including phenoxy) is 1. The van der Waals surface area contributed by atoms with Crippen molar-refractivity contribution in [3.8, 4) is 5.75 Å². The van der Waals surface area contributed by atoms with E-state index in [2.05, 4.69) is 0 Å². The fourth-order valence-electron chi connectivity index (χ4n) is 3.83. The highest BCUT2D eigenvalue weighted by atomic mass is 19.4. The van der Waals surface area contributed by atoms with Crippen molar-refractivity contribution in [2.24, 2.45) is 5.73 Å². The van der Waals surface area contributed by atoms with E-state index in [1.807, 2.05) is 23.1 Å². The molecule has 2 aromatic carbocycles. The Labute approximate surface area is 197 Å². The molecule has 0 atom stereocenters. The summed E-state index contributed by atoms with van der Waals surface area (Å²) in [5.74, 6) is 0.276. The lowest BCUT2D eigenvalue weighted by Gasteiger charge is -2.33. The van der Waals surface area contributed by atoms with E-state index >= 15 is 0 Å². The summed E-state index contributed by atoms with van der Waals surface area (Å²) in [6.45, 7) is 3.30. The second-order valence-corrected chi connectivity index (χ2v) is 8.39. The predicted octanol–water partition coefficient (Wildman–Crippen LogP) is 4.98. The van der Waals surface area contributed by atoms with Crippen molar-refractivity contribution in [1.29, 1.82) is 10.8 Å². The van der Waals surface area contributed by atoms with Gasteiger partial charge in [0.15, 0.2) is 0 Å². The molecule has 182 valence electrons. The molecule has 0 saturated carbocycles. The molecule has 1 fully saturated rings. The fraction of sp³-hybridized carbons (Fsp3) is 0.360. The quantitative estimate of drug-likeness (QED) is 0.391. The van der Waals surface area contributed by atoms with E-state index in [9.17, 15) is 13.2 Å². The van der Waals surface area contributed by atoms with Crippen LogP contribution in [0.2, 0.25) is 0 Å². The number of likely N-dealkylation sites (tertiary alicyclic amines) is 1. The zero-order chi connectivity index (χ0) is 24.9. The van der Waals surface area contributed by atoms with E-state index in [1.165, 1.54) is 6.07 Å². The molecule has 3 rings (SSSR count). The molecule has 0 unspecified atom stereocenters. The first kappa shape index (κ1) is 25.1. The first-order chi connectivity index (χ1) is 16.0. The maximum Gasteiger partial charge on any atom is 0.420 e. The van der Waals surface area contributed by atoms with Crippen molar-refractivity contribution in [2.45, 2.75) is 32.0 Å². The summed E-state index contributed by atoms with van der Waals surface area (Å²) < 4.78 is 47.2. The monoisotopic (exact) mass is 473 g/mol. The molecular formula is C25H30F3N5O.